The summed E-state index contributed by atoms with van der Waals surface area (Å²) in [5.74, 6) is 0.230. The van der Waals surface area contributed by atoms with Crippen LogP contribution in [0.15, 0.2) is 29.6 Å². The van der Waals surface area contributed by atoms with Gasteiger partial charge in [-0.15, -0.1) is 11.3 Å². The van der Waals surface area contributed by atoms with Crippen molar-refractivity contribution in [1.29, 1.82) is 0 Å². The molecule has 4 nitrogen and oxygen atoms in total. The van der Waals surface area contributed by atoms with Crippen LogP contribution in [0.3, 0.4) is 0 Å². The molecule has 23 heavy (non-hydrogen) atoms. The Morgan fingerprint density at radius 3 is 2.96 bits per heavy atom. The summed E-state index contributed by atoms with van der Waals surface area (Å²) in [6.45, 7) is 2.82. The summed E-state index contributed by atoms with van der Waals surface area (Å²) in [7, 11) is 0. The molecule has 3 rings (SSSR count). The van der Waals surface area contributed by atoms with Crippen molar-refractivity contribution < 1.29 is 9.18 Å². The summed E-state index contributed by atoms with van der Waals surface area (Å²) >= 11 is 1.39. The van der Waals surface area contributed by atoms with Gasteiger partial charge in [0.2, 0.25) is 0 Å². The number of thiazole rings is 1. The molecule has 1 fully saturated rings. The van der Waals surface area contributed by atoms with E-state index in [1.54, 1.807) is 17.5 Å². The third kappa shape index (κ3) is 4.36. The van der Waals surface area contributed by atoms with E-state index >= 15 is 0 Å². The van der Waals surface area contributed by atoms with Crippen LogP contribution >= 0.6 is 11.3 Å². The van der Waals surface area contributed by atoms with Gasteiger partial charge in [-0.25, -0.2) is 9.37 Å². The maximum Gasteiger partial charge on any atom is 0.270 e. The second-order valence-electron chi connectivity index (χ2n) is 5.80. The summed E-state index contributed by atoms with van der Waals surface area (Å²) in [5.41, 5.74) is 1.25. The number of amides is 1. The molecule has 1 aliphatic rings. The number of benzene rings is 1. The Morgan fingerprint density at radius 2 is 2.22 bits per heavy atom. The van der Waals surface area contributed by atoms with Gasteiger partial charge >= 0.3 is 0 Å². The zero-order valence-corrected chi connectivity index (χ0v) is 13.7. The van der Waals surface area contributed by atoms with Gasteiger partial charge in [0.25, 0.3) is 5.91 Å². The molecule has 1 atom stereocenters. The van der Waals surface area contributed by atoms with Gasteiger partial charge in [0.05, 0.1) is 0 Å². The van der Waals surface area contributed by atoms with Crippen molar-refractivity contribution in [2.24, 2.45) is 5.92 Å². The van der Waals surface area contributed by atoms with E-state index in [1.165, 1.54) is 36.3 Å². The fraction of sp³-hybridized carbons (Fsp3) is 0.412. The Bertz CT molecular complexity index is 650. The fourth-order valence-electron chi connectivity index (χ4n) is 2.75. The topological polar surface area (TPSA) is 54.0 Å². The number of carbonyl (C=O) groups excluding carboxylic acids is 1. The number of hydrogen-bond acceptors (Lipinski definition) is 4. The van der Waals surface area contributed by atoms with Crippen LogP contribution in [-0.4, -0.2) is 30.5 Å². The van der Waals surface area contributed by atoms with E-state index in [9.17, 15) is 9.18 Å². The van der Waals surface area contributed by atoms with E-state index in [1.807, 2.05) is 0 Å². The van der Waals surface area contributed by atoms with E-state index in [0.29, 0.717) is 18.2 Å². The van der Waals surface area contributed by atoms with Gasteiger partial charge in [-0.1, -0.05) is 0 Å². The molecule has 2 heterocycles. The SMILES string of the molecule is O=C(NCCC1CCCNC1)c1csc(-c2ccc(F)cc2)n1. The number of hydrogen-bond donors (Lipinski definition) is 2. The Morgan fingerprint density at radius 1 is 1.39 bits per heavy atom. The van der Waals surface area contributed by atoms with E-state index in [0.717, 1.165) is 30.1 Å². The zero-order valence-electron chi connectivity index (χ0n) is 12.8. The van der Waals surface area contributed by atoms with Crippen LogP contribution in [0.25, 0.3) is 10.6 Å². The number of nitrogens with one attached hydrogen (secondary N) is 2. The number of rotatable bonds is 5. The Kier molecular flexibility index (Phi) is 5.35. The maximum absolute atomic E-state index is 12.9. The third-order valence-electron chi connectivity index (χ3n) is 4.07. The number of piperidine rings is 1. The lowest BCUT2D eigenvalue weighted by atomic mass is 9.96. The summed E-state index contributed by atoms with van der Waals surface area (Å²) in [6, 6.07) is 6.14. The summed E-state index contributed by atoms with van der Waals surface area (Å²) < 4.78 is 12.9. The molecule has 1 aliphatic heterocycles. The largest absolute Gasteiger partial charge is 0.351 e. The van der Waals surface area contributed by atoms with Crippen molar-refractivity contribution >= 4 is 17.2 Å². The van der Waals surface area contributed by atoms with Gasteiger partial charge in [-0.2, -0.15) is 0 Å². The molecule has 2 N–H and O–H groups in total. The fourth-order valence-corrected chi connectivity index (χ4v) is 3.56. The molecule has 1 amide bonds. The molecule has 0 aliphatic carbocycles. The average molecular weight is 333 g/mol. The zero-order chi connectivity index (χ0) is 16.1. The van der Waals surface area contributed by atoms with Crippen LogP contribution in [0.4, 0.5) is 4.39 Å². The van der Waals surface area contributed by atoms with Gasteiger partial charge < -0.3 is 10.6 Å². The van der Waals surface area contributed by atoms with E-state index < -0.39 is 0 Å². The van der Waals surface area contributed by atoms with E-state index in [2.05, 4.69) is 15.6 Å². The first kappa shape index (κ1) is 16.1. The monoisotopic (exact) mass is 333 g/mol. The number of halogens is 1. The second kappa shape index (κ2) is 7.66. The van der Waals surface area contributed by atoms with Gasteiger partial charge in [0, 0.05) is 17.5 Å². The molecule has 122 valence electrons. The lowest BCUT2D eigenvalue weighted by Crippen LogP contribution is -2.33. The first-order valence-corrected chi connectivity index (χ1v) is 8.81. The molecule has 1 aromatic carbocycles. The van der Waals surface area contributed by atoms with Gasteiger partial charge in [0.1, 0.15) is 16.5 Å². The lowest BCUT2D eigenvalue weighted by Gasteiger charge is -2.22. The first-order valence-electron chi connectivity index (χ1n) is 7.93. The normalized spacial score (nSPS) is 17.9. The standard InChI is InChI=1S/C17H20FN3OS/c18-14-5-3-13(4-6-14)17-21-15(11-23-17)16(22)20-9-7-12-2-1-8-19-10-12/h3-6,11-12,19H,1-2,7-10H2,(H,20,22). The average Bonchev–Trinajstić information content (AvgIpc) is 3.06. The highest BCUT2D eigenvalue weighted by atomic mass is 32.1. The Hall–Kier alpha value is -1.79. The number of carbonyl (C=O) groups is 1. The predicted molar refractivity (Wildman–Crippen MR) is 90.1 cm³/mol. The van der Waals surface area contributed by atoms with Gasteiger partial charge in [-0.05, 0) is 62.5 Å². The minimum absolute atomic E-state index is 0.140. The second-order valence-corrected chi connectivity index (χ2v) is 6.66. The van der Waals surface area contributed by atoms with Crippen LogP contribution in [0.5, 0.6) is 0 Å². The van der Waals surface area contributed by atoms with E-state index in [-0.39, 0.29) is 11.7 Å². The van der Waals surface area contributed by atoms with Gasteiger partial charge in [0.15, 0.2) is 0 Å². The highest BCUT2D eigenvalue weighted by Crippen LogP contribution is 2.23. The molecule has 0 bridgehead atoms. The summed E-state index contributed by atoms with van der Waals surface area (Å²) in [6.07, 6.45) is 3.44. The van der Waals surface area contributed by atoms with Crippen molar-refractivity contribution in [1.82, 2.24) is 15.6 Å². The van der Waals surface area contributed by atoms with Crippen molar-refractivity contribution in [3.63, 3.8) is 0 Å². The van der Waals surface area contributed by atoms with Crippen molar-refractivity contribution in [2.75, 3.05) is 19.6 Å². The maximum atomic E-state index is 12.9. The molecule has 0 spiro atoms. The number of aromatic nitrogens is 1. The molecule has 6 heteroatoms. The van der Waals surface area contributed by atoms with Crippen LogP contribution in [0.1, 0.15) is 29.8 Å². The minimum Gasteiger partial charge on any atom is -0.351 e. The molecule has 1 aromatic heterocycles. The first-order chi connectivity index (χ1) is 11.2. The third-order valence-corrected chi connectivity index (χ3v) is 4.96. The van der Waals surface area contributed by atoms with E-state index in [4.69, 9.17) is 0 Å². The van der Waals surface area contributed by atoms with Crippen LogP contribution < -0.4 is 10.6 Å². The molecule has 1 saturated heterocycles. The Labute approximate surface area is 139 Å². The van der Waals surface area contributed by atoms with Crippen molar-refractivity contribution in [3.8, 4) is 10.6 Å². The molecule has 0 saturated carbocycles. The van der Waals surface area contributed by atoms with Crippen LogP contribution in [0.2, 0.25) is 0 Å². The minimum atomic E-state index is -0.277. The van der Waals surface area contributed by atoms with Crippen LogP contribution in [0, 0.1) is 11.7 Å². The molecular formula is C17H20FN3OS. The quantitative estimate of drug-likeness (QED) is 0.884. The van der Waals surface area contributed by atoms with Crippen LogP contribution in [-0.2, 0) is 0 Å². The smallest absolute Gasteiger partial charge is 0.270 e. The Balaban J connectivity index is 1.52. The summed E-state index contributed by atoms with van der Waals surface area (Å²) in [4.78, 5) is 16.5. The predicted octanol–water partition coefficient (Wildman–Crippen LogP) is 3.07. The lowest BCUT2D eigenvalue weighted by molar-refractivity contribution is 0.0946. The highest BCUT2D eigenvalue weighted by Gasteiger charge is 2.15. The number of nitrogens with zero attached hydrogens (tertiary/aromatic N) is 1. The highest BCUT2D eigenvalue weighted by molar-refractivity contribution is 7.13. The molecule has 1 unspecified atom stereocenters. The van der Waals surface area contributed by atoms with Crippen molar-refractivity contribution in [3.05, 3.63) is 41.2 Å². The summed E-state index contributed by atoms with van der Waals surface area (Å²) in [5, 5.41) is 8.79. The van der Waals surface area contributed by atoms with Gasteiger partial charge in [-0.3, -0.25) is 4.79 Å². The van der Waals surface area contributed by atoms with Crippen molar-refractivity contribution in [2.45, 2.75) is 19.3 Å². The molecule has 0 radical (unpaired) electrons. The molecular weight excluding hydrogens is 313 g/mol. The molecule has 2 aromatic rings.